The summed E-state index contributed by atoms with van der Waals surface area (Å²) in [5.74, 6) is -2.67. The molecule has 2 aromatic heterocycles. The van der Waals surface area contributed by atoms with Gasteiger partial charge in [0.15, 0.2) is 0 Å². The first-order chi connectivity index (χ1) is 27.1. The highest BCUT2D eigenvalue weighted by Gasteiger charge is 2.29. The van der Waals surface area contributed by atoms with Crippen LogP contribution < -0.4 is 5.73 Å². The maximum atomic E-state index is 13.8. The number of rotatable bonds is 21. The van der Waals surface area contributed by atoms with Crippen LogP contribution in [0.25, 0.3) is 0 Å². The third kappa shape index (κ3) is 21.1. The van der Waals surface area contributed by atoms with Gasteiger partial charge >= 0.3 is 23.9 Å². The van der Waals surface area contributed by atoms with Gasteiger partial charge < -0.3 is 43.6 Å². The average molecular weight is 833 g/mol. The van der Waals surface area contributed by atoms with E-state index in [1.54, 1.807) is 117 Å². The van der Waals surface area contributed by atoms with Crippen molar-refractivity contribution in [2.24, 2.45) is 5.73 Å². The Morgan fingerprint density at radius 1 is 0.542 bits per heavy atom. The van der Waals surface area contributed by atoms with Gasteiger partial charge in [0.1, 0.15) is 73.3 Å². The van der Waals surface area contributed by atoms with Crippen molar-refractivity contribution >= 4 is 35.7 Å². The summed E-state index contributed by atoms with van der Waals surface area (Å²) >= 11 is 0. The predicted octanol–water partition coefficient (Wildman–Crippen LogP) is 3.23. The van der Waals surface area contributed by atoms with Crippen LogP contribution in [-0.4, -0.2) is 131 Å². The van der Waals surface area contributed by atoms with Crippen LogP contribution in [0.15, 0.2) is 24.8 Å². The fraction of sp³-hybridized carbons (Fsp3) is 0.707. The molecule has 0 bridgehead atoms. The number of nitrogens with two attached hydrogens (primary N) is 1. The Bertz CT molecular complexity index is 1530. The summed E-state index contributed by atoms with van der Waals surface area (Å²) in [6.07, 6.45) is 8.88. The van der Waals surface area contributed by atoms with E-state index >= 15 is 0 Å². The molecular formula is C41H68N8O10. The predicted molar refractivity (Wildman–Crippen MR) is 218 cm³/mol. The third-order valence-corrected chi connectivity index (χ3v) is 7.79. The molecule has 18 heteroatoms. The summed E-state index contributed by atoms with van der Waals surface area (Å²) in [5, 5.41) is 0. The van der Waals surface area contributed by atoms with Gasteiger partial charge in [-0.15, -0.1) is 0 Å². The second kappa shape index (κ2) is 22.0. The average Bonchev–Trinajstić information content (AvgIpc) is 3.67. The number of nitrogens with zero attached hydrogens (tertiary/aromatic N) is 7. The highest BCUT2D eigenvalue weighted by atomic mass is 16.6. The van der Waals surface area contributed by atoms with Gasteiger partial charge in [-0.3, -0.25) is 33.7 Å². The number of hydrogen-bond donors (Lipinski definition) is 1. The van der Waals surface area contributed by atoms with E-state index in [2.05, 4.69) is 14.9 Å². The first-order valence-corrected chi connectivity index (χ1v) is 20.0. The molecular weight excluding hydrogens is 764 g/mol. The molecule has 2 rings (SSSR count). The second-order valence-electron chi connectivity index (χ2n) is 18.3. The summed E-state index contributed by atoms with van der Waals surface area (Å²) in [6.45, 7) is 19.9. The number of esters is 4. The molecule has 0 aromatic carbocycles. The lowest BCUT2D eigenvalue weighted by Crippen LogP contribution is -2.44. The molecule has 2 amide bonds. The Hall–Kier alpha value is -4.84. The molecule has 0 atom stereocenters. The number of aromatic nitrogens is 4. The van der Waals surface area contributed by atoms with Crippen molar-refractivity contribution in [2.75, 3.05) is 39.3 Å². The molecule has 18 nitrogen and oxygen atoms in total. The van der Waals surface area contributed by atoms with E-state index in [9.17, 15) is 28.8 Å². The van der Waals surface area contributed by atoms with Crippen molar-refractivity contribution in [3.8, 4) is 0 Å². The van der Waals surface area contributed by atoms with Crippen LogP contribution >= 0.6 is 0 Å². The Balaban J connectivity index is 2.34. The zero-order valence-corrected chi connectivity index (χ0v) is 37.3. The lowest BCUT2D eigenvalue weighted by atomic mass is 10.2. The summed E-state index contributed by atoms with van der Waals surface area (Å²) in [6, 6.07) is 0. The largest absolute Gasteiger partial charge is 0.459 e. The van der Waals surface area contributed by atoms with Gasteiger partial charge in [0.2, 0.25) is 11.8 Å². The zero-order valence-electron chi connectivity index (χ0n) is 37.3. The minimum atomic E-state index is -0.801. The van der Waals surface area contributed by atoms with E-state index in [1.807, 2.05) is 0 Å². The van der Waals surface area contributed by atoms with Crippen molar-refractivity contribution < 1.29 is 47.7 Å². The van der Waals surface area contributed by atoms with E-state index in [0.717, 1.165) is 29.1 Å². The second-order valence-corrected chi connectivity index (χ2v) is 18.3. The highest BCUT2D eigenvalue weighted by molar-refractivity contribution is 5.87. The lowest BCUT2D eigenvalue weighted by Gasteiger charge is -2.27. The molecule has 2 N–H and O–H groups in total. The number of carbonyl (C=O) groups is 6. The smallest absolute Gasteiger partial charge is 0.326 e. The number of hydrogen-bond acceptors (Lipinski definition) is 14. The maximum Gasteiger partial charge on any atom is 0.326 e. The lowest BCUT2D eigenvalue weighted by molar-refractivity contribution is -0.165. The zero-order chi connectivity index (χ0) is 44.8. The van der Waals surface area contributed by atoms with Gasteiger partial charge in [-0.2, -0.15) is 0 Å². The van der Waals surface area contributed by atoms with Crippen molar-refractivity contribution in [3.05, 3.63) is 36.4 Å². The Labute approximate surface area is 349 Å². The molecule has 332 valence electrons. The van der Waals surface area contributed by atoms with Gasteiger partial charge in [0, 0.05) is 24.8 Å². The standard InChI is InChI=1S/C41H68N8O10/c1-38(2,3)56-34(52)26-48(27-35(53)57-39(4,5)6)32(50)24-46-20-17-43-30(46)22-45(19-15-13-14-16-42)23-31-44-18-21-47(31)25-33(51)49(28-36(54)58-40(7,8)9)29-37(55)59-41(10,11)12/h17-18,20-21H,13-16,19,22-29,42H2,1-12H3. The number of amides is 2. The molecule has 0 aliphatic rings. The molecule has 0 aliphatic carbocycles. The van der Waals surface area contributed by atoms with Crippen LogP contribution in [0.3, 0.4) is 0 Å². The number of unbranched alkanes of at least 4 members (excludes halogenated alkanes) is 2. The van der Waals surface area contributed by atoms with E-state index in [-0.39, 0.29) is 26.2 Å². The Kier molecular flexibility index (Phi) is 18.7. The topological polar surface area (TPSA) is 211 Å². The van der Waals surface area contributed by atoms with Crippen molar-refractivity contribution in [1.82, 2.24) is 33.8 Å². The van der Waals surface area contributed by atoms with Gasteiger partial charge in [0.25, 0.3) is 0 Å². The normalized spacial score (nSPS) is 12.2. The first kappa shape index (κ1) is 50.3. The fourth-order valence-corrected chi connectivity index (χ4v) is 5.62. The minimum Gasteiger partial charge on any atom is -0.459 e. The molecule has 59 heavy (non-hydrogen) atoms. The van der Waals surface area contributed by atoms with E-state index in [0.29, 0.717) is 24.7 Å². The summed E-state index contributed by atoms with van der Waals surface area (Å²) < 4.78 is 25.1. The molecule has 2 heterocycles. The molecule has 0 saturated carbocycles. The fourth-order valence-electron chi connectivity index (χ4n) is 5.62. The van der Waals surface area contributed by atoms with Gasteiger partial charge in [-0.1, -0.05) is 6.42 Å². The van der Waals surface area contributed by atoms with Crippen molar-refractivity contribution in [2.45, 2.75) is 151 Å². The molecule has 0 radical (unpaired) electrons. The van der Waals surface area contributed by atoms with Crippen molar-refractivity contribution in [1.29, 1.82) is 0 Å². The summed E-state index contributed by atoms with van der Waals surface area (Å²) in [7, 11) is 0. The van der Waals surface area contributed by atoms with Crippen LogP contribution in [0.2, 0.25) is 0 Å². The van der Waals surface area contributed by atoms with Gasteiger partial charge in [0.05, 0.1) is 13.1 Å². The summed E-state index contributed by atoms with van der Waals surface area (Å²) in [5.41, 5.74) is 2.55. The SMILES string of the molecule is CC(C)(C)OC(=O)CN(CC(=O)OC(C)(C)C)C(=O)Cn1ccnc1CN(CCCCCN)Cc1nccn1CC(=O)N(CC(=O)OC(C)(C)C)CC(=O)OC(C)(C)C. The molecule has 0 unspecified atom stereocenters. The van der Waals surface area contributed by atoms with Crippen LogP contribution in [0.4, 0.5) is 0 Å². The van der Waals surface area contributed by atoms with E-state index < -0.39 is 84.3 Å². The highest BCUT2D eigenvalue weighted by Crippen LogP contribution is 2.15. The number of carbonyl (C=O) groups excluding carboxylic acids is 6. The molecule has 2 aromatic rings. The molecule has 0 saturated heterocycles. The van der Waals surface area contributed by atoms with Gasteiger partial charge in [-0.25, -0.2) is 9.97 Å². The number of imidazole rings is 2. The van der Waals surface area contributed by atoms with Crippen LogP contribution in [0, 0.1) is 0 Å². The molecule has 0 aliphatic heterocycles. The first-order valence-electron chi connectivity index (χ1n) is 20.0. The van der Waals surface area contributed by atoms with Crippen LogP contribution in [0.1, 0.15) is 114 Å². The van der Waals surface area contributed by atoms with Crippen LogP contribution in [-0.2, 0) is 73.9 Å². The monoisotopic (exact) mass is 833 g/mol. The van der Waals surface area contributed by atoms with Gasteiger partial charge in [-0.05, 0) is 109 Å². The molecule has 0 spiro atoms. The summed E-state index contributed by atoms with van der Waals surface area (Å²) in [4.78, 5) is 92.1. The van der Waals surface area contributed by atoms with E-state index in [4.69, 9.17) is 24.7 Å². The molecule has 0 fully saturated rings. The maximum absolute atomic E-state index is 13.8. The quantitative estimate of drug-likeness (QED) is 0.109. The van der Waals surface area contributed by atoms with E-state index in [1.165, 1.54) is 0 Å². The van der Waals surface area contributed by atoms with Crippen molar-refractivity contribution in [3.63, 3.8) is 0 Å². The Morgan fingerprint density at radius 2 is 0.864 bits per heavy atom. The van der Waals surface area contributed by atoms with Crippen LogP contribution in [0.5, 0.6) is 0 Å². The number of ether oxygens (including phenoxy) is 4. The third-order valence-electron chi connectivity index (χ3n) is 7.79. The Morgan fingerprint density at radius 3 is 1.15 bits per heavy atom. The minimum absolute atomic E-state index is 0.226.